The van der Waals surface area contributed by atoms with E-state index in [0.717, 1.165) is 6.07 Å². The molecule has 0 unspecified atom stereocenters. The average molecular weight is 889 g/mol. The van der Waals surface area contributed by atoms with E-state index in [-0.39, 0.29) is 38.8 Å². The summed E-state index contributed by atoms with van der Waals surface area (Å²) < 4.78 is 80.1. The van der Waals surface area contributed by atoms with Crippen LogP contribution in [0.4, 0.5) is 34.7 Å². The Hall–Kier alpha value is -5.03. The predicted octanol–water partition coefficient (Wildman–Crippen LogP) is 10.9. The van der Waals surface area contributed by atoms with Crippen LogP contribution in [-0.2, 0) is 24.2 Å². The summed E-state index contributed by atoms with van der Waals surface area (Å²) >= 11 is 6.18. The predicted molar refractivity (Wildman–Crippen MR) is 230 cm³/mol. The van der Waals surface area contributed by atoms with Gasteiger partial charge in [-0.3, -0.25) is 9.40 Å². The summed E-state index contributed by atoms with van der Waals surface area (Å²) in [5, 5.41) is 7.63. The summed E-state index contributed by atoms with van der Waals surface area (Å²) in [6, 6.07) is 5.16. The van der Waals surface area contributed by atoms with Crippen molar-refractivity contribution in [2.45, 2.75) is 148 Å². The lowest BCUT2D eigenvalue weighted by molar-refractivity contribution is 0.0425. The smallest absolute Gasteiger partial charge is 0.425 e. The minimum Gasteiger partial charge on any atom is -0.444 e. The molecule has 2 N–H and O–H groups in total. The number of anilines is 2. The molecule has 18 heteroatoms. The maximum Gasteiger partial charge on any atom is 0.425 e. The van der Waals surface area contributed by atoms with E-state index in [2.05, 4.69) is 15.0 Å². The Balaban J connectivity index is 1.72. The molecule has 0 radical (unpaired) electrons. The molecule has 332 valence electrons. The molecule has 2 aromatic heterocycles. The summed E-state index contributed by atoms with van der Waals surface area (Å²) in [5.74, 6) is -2.75. The molecule has 61 heavy (non-hydrogen) atoms. The molecule has 0 saturated heterocycles. The molecule has 2 aromatic carbocycles. The average Bonchev–Trinajstić information content (AvgIpc) is 3.50. The largest absolute Gasteiger partial charge is 0.444 e. The van der Waals surface area contributed by atoms with Crippen molar-refractivity contribution in [3.63, 3.8) is 0 Å². The number of ether oxygens (including phenoxy) is 3. The van der Waals surface area contributed by atoms with Gasteiger partial charge in [0.25, 0.3) is 10.0 Å². The number of nitrogens with one attached hydrogen (secondary N) is 2. The van der Waals surface area contributed by atoms with Crippen LogP contribution in [0.2, 0.25) is 5.02 Å². The van der Waals surface area contributed by atoms with Crippen molar-refractivity contribution in [2.24, 2.45) is 0 Å². The van der Waals surface area contributed by atoms with Crippen LogP contribution in [0.1, 0.15) is 125 Å². The van der Waals surface area contributed by atoms with Gasteiger partial charge < -0.3 is 19.5 Å². The number of aromatic nitrogens is 3. The number of amides is 3. The highest BCUT2D eigenvalue weighted by atomic mass is 35.5. The fourth-order valence-corrected chi connectivity index (χ4v) is 8.56. The standard InChI is InChI=1S/C43H55ClF2N6O8S/c1-23(2)52-36-28(25-14-16-26(17-15-25)48-38(53)58-41(4,5)6)22-47-37(51(39(54)59-42(7,8)9)40(55)60-43(10,11)12)34(36)35(49-52)27-20-31(46)32(21-30(27)45)50-61(56,57)33-19-24(3)13-18-29(33)44/h13,18-23,25-26,50H,14-17H2,1-12H3,(H,48,53). The molecule has 1 saturated carbocycles. The number of sulfonamides is 1. The number of halogens is 3. The second-order valence-corrected chi connectivity index (χ2v) is 20.5. The van der Waals surface area contributed by atoms with Gasteiger partial charge in [0.1, 0.15) is 39.0 Å². The van der Waals surface area contributed by atoms with Crippen LogP contribution in [0, 0.1) is 18.6 Å². The molecular formula is C43H55ClF2N6O8S. The fourth-order valence-electron chi connectivity index (χ4n) is 6.92. The Labute approximate surface area is 360 Å². The van der Waals surface area contributed by atoms with Gasteiger partial charge in [-0.1, -0.05) is 17.7 Å². The molecule has 0 aliphatic heterocycles. The molecule has 0 atom stereocenters. The zero-order chi connectivity index (χ0) is 45.6. The third kappa shape index (κ3) is 11.3. The molecule has 5 rings (SSSR count). The number of fused-ring (bicyclic) bond motifs is 1. The Bertz CT molecular complexity index is 2420. The van der Waals surface area contributed by atoms with Crippen molar-refractivity contribution in [3.8, 4) is 11.3 Å². The number of aryl methyl sites for hydroxylation is 1. The minimum atomic E-state index is -4.49. The molecule has 1 aliphatic carbocycles. The third-order valence-corrected chi connectivity index (χ3v) is 11.3. The maximum atomic E-state index is 16.6. The molecule has 1 fully saturated rings. The number of carbonyl (C=O) groups excluding carboxylic acids is 3. The quantitative estimate of drug-likeness (QED) is 0.162. The molecule has 4 aromatic rings. The number of nitrogens with zero attached hydrogens (tertiary/aromatic N) is 4. The first-order chi connectivity index (χ1) is 28.0. The Kier molecular flexibility index (Phi) is 13.4. The van der Waals surface area contributed by atoms with Crippen LogP contribution in [0.25, 0.3) is 22.2 Å². The van der Waals surface area contributed by atoms with E-state index in [4.69, 9.17) is 30.9 Å². The first-order valence-electron chi connectivity index (χ1n) is 20.0. The first kappa shape index (κ1) is 47.0. The van der Waals surface area contributed by atoms with E-state index in [9.17, 15) is 22.8 Å². The third-order valence-electron chi connectivity index (χ3n) is 9.41. The summed E-state index contributed by atoms with van der Waals surface area (Å²) in [7, 11) is -4.49. The molecule has 1 aliphatic rings. The number of imide groups is 1. The first-order valence-corrected chi connectivity index (χ1v) is 21.9. The number of carbonyl (C=O) groups is 3. The highest BCUT2D eigenvalue weighted by Crippen LogP contribution is 2.44. The Morgan fingerprint density at radius 2 is 1.44 bits per heavy atom. The van der Waals surface area contributed by atoms with Crippen LogP contribution < -0.4 is 14.9 Å². The second-order valence-electron chi connectivity index (χ2n) is 18.5. The summed E-state index contributed by atoms with van der Waals surface area (Å²) in [6.07, 6.45) is 0.994. The number of pyridine rings is 1. The summed E-state index contributed by atoms with van der Waals surface area (Å²) in [5.41, 5.74) is -2.57. The fraction of sp³-hybridized carbons (Fsp3) is 0.512. The highest BCUT2D eigenvalue weighted by Gasteiger charge is 2.39. The zero-order valence-electron chi connectivity index (χ0n) is 36.6. The van der Waals surface area contributed by atoms with E-state index < -0.39 is 74.0 Å². The van der Waals surface area contributed by atoms with Gasteiger partial charge in [-0.05, 0) is 144 Å². The number of benzene rings is 2. The molecule has 14 nitrogen and oxygen atoms in total. The van der Waals surface area contributed by atoms with Crippen LogP contribution in [0.5, 0.6) is 0 Å². The van der Waals surface area contributed by atoms with Crippen molar-refractivity contribution in [1.82, 2.24) is 20.1 Å². The SMILES string of the molecule is Cc1ccc(Cl)c(S(=O)(=O)Nc2cc(F)c(-c3nn(C(C)C)c4c(C5CCC(NC(=O)OC(C)(C)C)CC5)cnc(N(C(=O)OC(C)(C)C)C(=O)OC(C)(C)C)c34)cc2F)c1. The van der Waals surface area contributed by atoms with Gasteiger partial charge in [0, 0.05) is 29.9 Å². The molecular weight excluding hydrogens is 834 g/mol. The Morgan fingerprint density at radius 3 is 1.98 bits per heavy atom. The maximum absolute atomic E-state index is 16.6. The van der Waals surface area contributed by atoms with Gasteiger partial charge in [0.2, 0.25) is 0 Å². The van der Waals surface area contributed by atoms with Crippen LogP contribution in [-0.4, -0.2) is 64.3 Å². The Morgan fingerprint density at radius 1 is 0.869 bits per heavy atom. The van der Waals surface area contributed by atoms with E-state index in [1.54, 1.807) is 80.0 Å². The summed E-state index contributed by atoms with van der Waals surface area (Å²) in [4.78, 5) is 45.7. The van der Waals surface area contributed by atoms with Gasteiger partial charge >= 0.3 is 18.3 Å². The lowest BCUT2D eigenvalue weighted by atomic mass is 9.81. The normalized spacial score (nSPS) is 16.3. The van der Waals surface area contributed by atoms with E-state index in [1.165, 1.54) is 18.3 Å². The van der Waals surface area contributed by atoms with E-state index in [1.807, 2.05) is 13.8 Å². The van der Waals surface area contributed by atoms with Crippen LogP contribution in [0.15, 0.2) is 41.4 Å². The van der Waals surface area contributed by atoms with Crippen molar-refractivity contribution in [3.05, 3.63) is 64.3 Å². The van der Waals surface area contributed by atoms with E-state index >= 15 is 8.78 Å². The van der Waals surface area contributed by atoms with Gasteiger partial charge in [0.05, 0.1) is 21.6 Å². The van der Waals surface area contributed by atoms with Crippen LogP contribution in [0.3, 0.4) is 0 Å². The molecule has 2 heterocycles. The van der Waals surface area contributed by atoms with Crippen molar-refractivity contribution in [1.29, 1.82) is 0 Å². The lowest BCUT2D eigenvalue weighted by Crippen LogP contribution is -2.44. The van der Waals surface area contributed by atoms with Gasteiger partial charge in [-0.2, -0.15) is 10.00 Å². The number of alkyl carbamates (subject to hydrolysis) is 1. The number of hydrogen-bond acceptors (Lipinski definition) is 10. The molecule has 0 spiro atoms. The van der Waals surface area contributed by atoms with Gasteiger partial charge in [0.15, 0.2) is 5.82 Å². The molecule has 3 amide bonds. The lowest BCUT2D eigenvalue weighted by Gasteiger charge is -2.31. The number of hydrogen-bond donors (Lipinski definition) is 2. The summed E-state index contributed by atoms with van der Waals surface area (Å²) in [6.45, 7) is 20.3. The van der Waals surface area contributed by atoms with Gasteiger partial charge in [-0.15, -0.1) is 0 Å². The molecule has 0 bridgehead atoms. The van der Waals surface area contributed by atoms with Crippen LogP contribution >= 0.6 is 11.6 Å². The second kappa shape index (κ2) is 17.4. The monoisotopic (exact) mass is 888 g/mol. The minimum absolute atomic E-state index is 0.00935. The zero-order valence-corrected chi connectivity index (χ0v) is 38.2. The van der Waals surface area contributed by atoms with Crippen molar-refractivity contribution >= 4 is 62.3 Å². The highest BCUT2D eigenvalue weighted by molar-refractivity contribution is 7.92. The van der Waals surface area contributed by atoms with E-state index in [0.29, 0.717) is 53.3 Å². The number of rotatable bonds is 8. The van der Waals surface area contributed by atoms with Gasteiger partial charge in [-0.25, -0.2) is 36.6 Å². The van der Waals surface area contributed by atoms with Crippen molar-refractivity contribution in [2.75, 3.05) is 9.62 Å². The van der Waals surface area contributed by atoms with Crippen molar-refractivity contribution < 1.29 is 45.8 Å². The topological polar surface area (TPSA) is 171 Å².